The summed E-state index contributed by atoms with van der Waals surface area (Å²) in [5.74, 6) is -0.690. The number of para-hydroxylation sites is 1. The number of hydrogen-bond donors (Lipinski definition) is 2. The fourth-order valence-electron chi connectivity index (χ4n) is 2.98. The van der Waals surface area contributed by atoms with Gasteiger partial charge in [-0.05, 0) is 49.6 Å². The van der Waals surface area contributed by atoms with Crippen LogP contribution in [0.25, 0.3) is 10.2 Å². The molecule has 0 radical (unpaired) electrons. The van der Waals surface area contributed by atoms with Crippen molar-refractivity contribution in [3.8, 4) is 0 Å². The Morgan fingerprint density at radius 2 is 1.86 bits per heavy atom. The Bertz CT molecular complexity index is 940. The van der Waals surface area contributed by atoms with Crippen molar-refractivity contribution >= 4 is 33.2 Å². The molecule has 3 N–H and O–H groups in total. The second-order valence-corrected chi connectivity index (χ2v) is 7.48. The maximum absolute atomic E-state index is 13.2. The molecule has 5 nitrogen and oxygen atoms in total. The average molecular weight is 399 g/mol. The molecular formula is C21H22FN3O2S. The number of amides is 1. The standard InChI is InChI=1S/C21H22FN3O2S/c22-13-14-7-1-2-8-15(14)20(27)24-17(10-5-6-12-23)19(26)21-25-16-9-3-4-11-18(16)28-21/h1-4,7-9,11,17H,5-6,10,12-13,23H2,(H,24,27)/t17-/m0/s1. The maximum atomic E-state index is 13.2. The maximum Gasteiger partial charge on any atom is 0.252 e. The Hall–Kier alpha value is -2.64. The fraction of sp³-hybridized carbons (Fsp3) is 0.286. The van der Waals surface area contributed by atoms with Gasteiger partial charge in [0.2, 0.25) is 5.78 Å². The number of ketones is 1. The van der Waals surface area contributed by atoms with E-state index in [0.717, 1.165) is 16.6 Å². The Morgan fingerprint density at radius 1 is 1.11 bits per heavy atom. The second kappa shape index (κ2) is 9.52. The number of aromatic nitrogens is 1. The molecule has 0 unspecified atom stereocenters. The van der Waals surface area contributed by atoms with Gasteiger partial charge in [-0.2, -0.15) is 0 Å². The van der Waals surface area contributed by atoms with E-state index < -0.39 is 18.6 Å². The van der Waals surface area contributed by atoms with Crippen molar-refractivity contribution < 1.29 is 14.0 Å². The summed E-state index contributed by atoms with van der Waals surface area (Å²) in [6.07, 6.45) is 1.90. The Labute approximate surface area is 166 Å². The molecule has 0 aliphatic carbocycles. The monoisotopic (exact) mass is 399 g/mol. The van der Waals surface area contributed by atoms with E-state index in [-0.39, 0.29) is 11.3 Å². The molecule has 0 saturated carbocycles. The van der Waals surface area contributed by atoms with E-state index in [0.29, 0.717) is 30.0 Å². The van der Waals surface area contributed by atoms with Gasteiger partial charge in [0.25, 0.3) is 5.91 Å². The Balaban J connectivity index is 1.83. The third-order valence-corrected chi connectivity index (χ3v) is 5.53. The van der Waals surface area contributed by atoms with E-state index in [1.54, 1.807) is 24.3 Å². The number of carbonyl (C=O) groups excluding carboxylic acids is 2. The average Bonchev–Trinajstić information content (AvgIpc) is 3.16. The quantitative estimate of drug-likeness (QED) is 0.422. The number of rotatable bonds is 9. The lowest BCUT2D eigenvalue weighted by molar-refractivity contribution is 0.0850. The molecule has 0 saturated heterocycles. The molecule has 3 aromatic rings. The molecule has 146 valence electrons. The minimum absolute atomic E-state index is 0.232. The van der Waals surface area contributed by atoms with Gasteiger partial charge >= 0.3 is 0 Å². The van der Waals surface area contributed by atoms with Crippen LogP contribution in [0, 0.1) is 0 Å². The van der Waals surface area contributed by atoms with Gasteiger partial charge in [0.05, 0.1) is 16.3 Å². The van der Waals surface area contributed by atoms with Gasteiger partial charge < -0.3 is 11.1 Å². The first-order valence-electron chi connectivity index (χ1n) is 9.18. The van der Waals surface area contributed by atoms with Crippen LogP contribution in [0.5, 0.6) is 0 Å². The van der Waals surface area contributed by atoms with Gasteiger partial charge in [-0.3, -0.25) is 9.59 Å². The van der Waals surface area contributed by atoms with Gasteiger partial charge in [-0.15, -0.1) is 11.3 Å². The molecular weight excluding hydrogens is 377 g/mol. The molecule has 3 rings (SSSR count). The smallest absolute Gasteiger partial charge is 0.252 e. The minimum atomic E-state index is -0.743. The van der Waals surface area contributed by atoms with Gasteiger partial charge in [-0.25, -0.2) is 9.37 Å². The molecule has 28 heavy (non-hydrogen) atoms. The highest BCUT2D eigenvalue weighted by molar-refractivity contribution is 7.20. The number of carbonyl (C=O) groups is 2. The topological polar surface area (TPSA) is 85.1 Å². The molecule has 0 aliphatic rings. The number of Topliss-reactive ketones (excluding diaryl/α,β-unsaturated/α-hetero) is 1. The first-order valence-corrected chi connectivity index (χ1v) is 10.00. The van der Waals surface area contributed by atoms with E-state index in [2.05, 4.69) is 10.3 Å². The van der Waals surface area contributed by atoms with Crippen molar-refractivity contribution in [1.82, 2.24) is 10.3 Å². The van der Waals surface area contributed by atoms with Crippen molar-refractivity contribution in [2.75, 3.05) is 6.54 Å². The van der Waals surface area contributed by atoms with Crippen LogP contribution in [0.1, 0.15) is 45.0 Å². The number of halogens is 1. The molecule has 1 amide bonds. The first kappa shape index (κ1) is 20.1. The Kier molecular flexibility index (Phi) is 6.84. The molecule has 1 atom stereocenters. The predicted molar refractivity (Wildman–Crippen MR) is 109 cm³/mol. The lowest BCUT2D eigenvalue weighted by Crippen LogP contribution is -2.41. The van der Waals surface area contributed by atoms with Gasteiger partial charge in [0.1, 0.15) is 6.67 Å². The zero-order valence-corrected chi connectivity index (χ0v) is 16.2. The van der Waals surface area contributed by atoms with Crippen LogP contribution >= 0.6 is 11.3 Å². The number of hydrogen-bond acceptors (Lipinski definition) is 5. The highest BCUT2D eigenvalue weighted by Gasteiger charge is 2.25. The van der Waals surface area contributed by atoms with E-state index in [1.807, 2.05) is 24.3 Å². The van der Waals surface area contributed by atoms with Crippen LogP contribution in [0.4, 0.5) is 4.39 Å². The van der Waals surface area contributed by atoms with Crippen LogP contribution in [-0.4, -0.2) is 29.3 Å². The number of nitrogens with one attached hydrogen (secondary N) is 1. The number of thiazole rings is 1. The lowest BCUT2D eigenvalue weighted by Gasteiger charge is -2.17. The summed E-state index contributed by atoms with van der Waals surface area (Å²) in [5, 5.41) is 3.14. The summed E-state index contributed by atoms with van der Waals surface area (Å²) < 4.78 is 14.1. The third kappa shape index (κ3) is 4.61. The summed E-state index contributed by atoms with van der Waals surface area (Å²) in [5.41, 5.74) is 6.85. The molecule has 2 aromatic carbocycles. The summed E-state index contributed by atoms with van der Waals surface area (Å²) in [6.45, 7) is -0.228. The van der Waals surface area contributed by atoms with Crippen molar-refractivity contribution in [2.24, 2.45) is 5.73 Å². The van der Waals surface area contributed by atoms with E-state index in [4.69, 9.17) is 5.73 Å². The van der Waals surface area contributed by atoms with Gasteiger partial charge in [0, 0.05) is 5.56 Å². The molecule has 1 aromatic heterocycles. The second-order valence-electron chi connectivity index (χ2n) is 6.45. The number of unbranched alkanes of at least 4 members (excludes halogenated alkanes) is 1. The summed E-state index contributed by atoms with van der Waals surface area (Å²) in [7, 11) is 0. The highest BCUT2D eigenvalue weighted by Crippen LogP contribution is 2.23. The van der Waals surface area contributed by atoms with Crippen LogP contribution in [0.3, 0.4) is 0 Å². The van der Waals surface area contributed by atoms with Gasteiger partial charge in [0.15, 0.2) is 5.01 Å². The van der Waals surface area contributed by atoms with Crippen molar-refractivity contribution in [3.05, 3.63) is 64.7 Å². The van der Waals surface area contributed by atoms with E-state index in [1.165, 1.54) is 11.3 Å². The summed E-state index contributed by atoms with van der Waals surface area (Å²) in [6, 6.07) is 13.3. The first-order chi connectivity index (χ1) is 13.6. The van der Waals surface area contributed by atoms with Crippen molar-refractivity contribution in [1.29, 1.82) is 0 Å². The molecule has 1 heterocycles. The lowest BCUT2D eigenvalue weighted by atomic mass is 10.0. The normalized spacial score (nSPS) is 12.1. The van der Waals surface area contributed by atoms with Crippen LogP contribution in [0.15, 0.2) is 48.5 Å². The van der Waals surface area contributed by atoms with Crippen LogP contribution < -0.4 is 11.1 Å². The van der Waals surface area contributed by atoms with E-state index >= 15 is 0 Å². The van der Waals surface area contributed by atoms with Crippen molar-refractivity contribution in [2.45, 2.75) is 32.0 Å². The zero-order valence-electron chi connectivity index (χ0n) is 15.4. The predicted octanol–water partition coefficient (Wildman–Crippen LogP) is 3.88. The molecule has 7 heteroatoms. The number of alkyl halides is 1. The molecule has 0 aliphatic heterocycles. The molecule has 0 bridgehead atoms. The number of fused-ring (bicyclic) bond motifs is 1. The summed E-state index contributed by atoms with van der Waals surface area (Å²) >= 11 is 1.31. The largest absolute Gasteiger partial charge is 0.342 e. The molecule has 0 fully saturated rings. The van der Waals surface area contributed by atoms with E-state index in [9.17, 15) is 14.0 Å². The Morgan fingerprint density at radius 3 is 2.61 bits per heavy atom. The minimum Gasteiger partial charge on any atom is -0.342 e. The third-order valence-electron chi connectivity index (χ3n) is 4.48. The number of nitrogens with zero attached hydrogens (tertiary/aromatic N) is 1. The van der Waals surface area contributed by atoms with Crippen LogP contribution in [0.2, 0.25) is 0 Å². The summed E-state index contributed by atoms with van der Waals surface area (Å²) in [4.78, 5) is 30.2. The zero-order chi connectivity index (χ0) is 19.9. The van der Waals surface area contributed by atoms with Crippen LogP contribution in [-0.2, 0) is 6.67 Å². The SMILES string of the molecule is NCCCC[C@H](NC(=O)c1ccccc1CF)C(=O)c1nc2ccccc2s1. The fourth-order valence-corrected chi connectivity index (χ4v) is 3.94. The molecule has 0 spiro atoms. The van der Waals surface area contributed by atoms with Gasteiger partial charge in [-0.1, -0.05) is 30.3 Å². The highest BCUT2D eigenvalue weighted by atomic mass is 32.1. The number of nitrogens with two attached hydrogens (primary N) is 1. The number of benzene rings is 2. The van der Waals surface area contributed by atoms with Crippen molar-refractivity contribution in [3.63, 3.8) is 0 Å².